The van der Waals surface area contributed by atoms with Crippen molar-refractivity contribution in [3.63, 3.8) is 0 Å². The minimum absolute atomic E-state index is 0.310. The summed E-state index contributed by atoms with van der Waals surface area (Å²) in [5, 5.41) is 3.80. The van der Waals surface area contributed by atoms with E-state index in [0.717, 1.165) is 6.54 Å². The van der Waals surface area contributed by atoms with Gasteiger partial charge in [-0.15, -0.1) is 0 Å². The topological polar surface area (TPSA) is 15.3 Å². The van der Waals surface area contributed by atoms with Crippen LogP contribution in [-0.2, 0) is 0 Å². The Hall–Kier alpha value is -0.0800. The Bertz CT molecular complexity index is 199. The molecule has 1 fully saturated rings. The van der Waals surface area contributed by atoms with Gasteiger partial charge in [-0.05, 0) is 59.2 Å². The number of piperidine rings is 1. The molecule has 1 saturated heterocycles. The zero-order chi connectivity index (χ0) is 13.4. The summed E-state index contributed by atoms with van der Waals surface area (Å²) >= 11 is 0. The van der Waals surface area contributed by atoms with E-state index in [0.29, 0.717) is 11.6 Å². The molecule has 0 radical (unpaired) electrons. The van der Waals surface area contributed by atoms with Crippen molar-refractivity contribution in [2.75, 3.05) is 19.6 Å². The molecule has 0 aliphatic carbocycles. The summed E-state index contributed by atoms with van der Waals surface area (Å²) in [4.78, 5) is 2.72. The Balaban J connectivity index is 2.60. The van der Waals surface area contributed by atoms with E-state index in [1.165, 1.54) is 58.0 Å². The molecule has 2 nitrogen and oxygen atoms in total. The van der Waals surface area contributed by atoms with E-state index in [2.05, 4.69) is 37.9 Å². The molecule has 1 heterocycles. The SMILES string of the molecule is CCCCC(NCCC)C(C)(C)N1CCCCC1. The van der Waals surface area contributed by atoms with Crippen LogP contribution in [-0.4, -0.2) is 36.1 Å². The van der Waals surface area contributed by atoms with Crippen molar-refractivity contribution in [2.45, 2.75) is 84.2 Å². The summed E-state index contributed by atoms with van der Waals surface area (Å²) in [7, 11) is 0. The first-order valence-electron chi connectivity index (χ1n) is 8.11. The van der Waals surface area contributed by atoms with Crippen LogP contribution in [0.5, 0.6) is 0 Å². The predicted octanol–water partition coefficient (Wildman–Crippen LogP) is 3.81. The van der Waals surface area contributed by atoms with Gasteiger partial charge in [-0.1, -0.05) is 33.1 Å². The van der Waals surface area contributed by atoms with Crippen molar-refractivity contribution in [1.82, 2.24) is 10.2 Å². The van der Waals surface area contributed by atoms with Gasteiger partial charge < -0.3 is 5.32 Å². The van der Waals surface area contributed by atoms with Crippen LogP contribution in [0.2, 0.25) is 0 Å². The third-order valence-corrected chi connectivity index (χ3v) is 4.51. The van der Waals surface area contributed by atoms with Gasteiger partial charge in [-0.2, -0.15) is 0 Å². The fourth-order valence-electron chi connectivity index (χ4n) is 3.12. The quantitative estimate of drug-likeness (QED) is 0.708. The van der Waals surface area contributed by atoms with Crippen LogP contribution in [0.3, 0.4) is 0 Å². The summed E-state index contributed by atoms with van der Waals surface area (Å²) in [6.07, 6.45) is 9.40. The number of hydrogen-bond donors (Lipinski definition) is 1. The van der Waals surface area contributed by atoms with Crippen molar-refractivity contribution in [3.05, 3.63) is 0 Å². The van der Waals surface area contributed by atoms with E-state index in [1.807, 2.05) is 0 Å². The third-order valence-electron chi connectivity index (χ3n) is 4.51. The van der Waals surface area contributed by atoms with Crippen molar-refractivity contribution < 1.29 is 0 Å². The van der Waals surface area contributed by atoms with E-state index in [9.17, 15) is 0 Å². The van der Waals surface area contributed by atoms with Crippen molar-refractivity contribution >= 4 is 0 Å². The van der Waals surface area contributed by atoms with E-state index in [1.54, 1.807) is 0 Å². The molecule has 0 bridgehead atoms. The van der Waals surface area contributed by atoms with Crippen LogP contribution in [0.25, 0.3) is 0 Å². The molecule has 1 unspecified atom stereocenters. The van der Waals surface area contributed by atoms with Crippen LogP contribution in [0.4, 0.5) is 0 Å². The maximum Gasteiger partial charge on any atom is 0.0306 e. The number of hydrogen-bond acceptors (Lipinski definition) is 2. The van der Waals surface area contributed by atoms with Crippen LogP contribution < -0.4 is 5.32 Å². The summed E-state index contributed by atoms with van der Waals surface area (Å²) < 4.78 is 0. The first-order chi connectivity index (χ1) is 8.62. The number of rotatable bonds is 8. The monoisotopic (exact) mass is 254 g/mol. The van der Waals surface area contributed by atoms with Crippen LogP contribution in [0.1, 0.15) is 72.6 Å². The van der Waals surface area contributed by atoms with Gasteiger partial charge in [0, 0.05) is 11.6 Å². The highest BCUT2D eigenvalue weighted by Gasteiger charge is 2.34. The Morgan fingerprint density at radius 3 is 2.28 bits per heavy atom. The van der Waals surface area contributed by atoms with Gasteiger partial charge in [0.15, 0.2) is 0 Å². The average molecular weight is 254 g/mol. The Labute approximate surface area is 115 Å². The summed E-state index contributed by atoms with van der Waals surface area (Å²) in [5.41, 5.74) is 0.310. The van der Waals surface area contributed by atoms with Crippen molar-refractivity contribution in [1.29, 1.82) is 0 Å². The molecule has 0 spiro atoms. The average Bonchev–Trinajstić information content (AvgIpc) is 2.39. The van der Waals surface area contributed by atoms with Crippen molar-refractivity contribution in [2.24, 2.45) is 0 Å². The van der Waals surface area contributed by atoms with Gasteiger partial charge in [0.1, 0.15) is 0 Å². The Kier molecular flexibility index (Phi) is 7.25. The first-order valence-corrected chi connectivity index (χ1v) is 8.11. The van der Waals surface area contributed by atoms with E-state index >= 15 is 0 Å². The third kappa shape index (κ3) is 4.55. The molecule has 1 aliphatic rings. The van der Waals surface area contributed by atoms with Crippen LogP contribution in [0, 0.1) is 0 Å². The second-order valence-electron chi connectivity index (χ2n) is 6.35. The molecule has 1 rings (SSSR count). The van der Waals surface area contributed by atoms with E-state index in [-0.39, 0.29) is 0 Å². The molecule has 0 amide bonds. The highest BCUT2D eigenvalue weighted by atomic mass is 15.2. The maximum absolute atomic E-state index is 3.80. The number of unbranched alkanes of at least 4 members (excludes halogenated alkanes) is 1. The zero-order valence-electron chi connectivity index (χ0n) is 13.1. The highest BCUT2D eigenvalue weighted by Crippen LogP contribution is 2.26. The van der Waals surface area contributed by atoms with E-state index in [4.69, 9.17) is 0 Å². The summed E-state index contributed by atoms with van der Waals surface area (Å²) in [6, 6.07) is 0.649. The molecule has 0 aromatic heterocycles. The highest BCUT2D eigenvalue weighted by molar-refractivity contribution is 4.94. The lowest BCUT2D eigenvalue weighted by Crippen LogP contribution is -2.59. The molecule has 0 aromatic rings. The zero-order valence-corrected chi connectivity index (χ0v) is 13.1. The molecule has 1 N–H and O–H groups in total. The molecular formula is C16H34N2. The second kappa shape index (κ2) is 8.16. The normalized spacial score (nSPS) is 20.0. The van der Waals surface area contributed by atoms with Crippen LogP contribution in [0.15, 0.2) is 0 Å². The van der Waals surface area contributed by atoms with Gasteiger partial charge in [0.25, 0.3) is 0 Å². The van der Waals surface area contributed by atoms with E-state index < -0.39 is 0 Å². The van der Waals surface area contributed by atoms with Gasteiger partial charge in [-0.25, -0.2) is 0 Å². The van der Waals surface area contributed by atoms with Gasteiger partial charge in [0.2, 0.25) is 0 Å². The molecular weight excluding hydrogens is 220 g/mol. The number of likely N-dealkylation sites (tertiary alicyclic amines) is 1. The minimum atomic E-state index is 0.310. The molecule has 108 valence electrons. The first kappa shape index (κ1) is 16.0. The lowest BCUT2D eigenvalue weighted by Gasteiger charge is -2.46. The van der Waals surface area contributed by atoms with Gasteiger partial charge in [-0.3, -0.25) is 4.90 Å². The lowest BCUT2D eigenvalue weighted by molar-refractivity contribution is 0.0575. The lowest BCUT2D eigenvalue weighted by atomic mass is 9.87. The fourth-order valence-corrected chi connectivity index (χ4v) is 3.12. The predicted molar refractivity (Wildman–Crippen MR) is 81.1 cm³/mol. The smallest absolute Gasteiger partial charge is 0.0306 e. The summed E-state index contributed by atoms with van der Waals surface area (Å²) in [5.74, 6) is 0. The van der Waals surface area contributed by atoms with Crippen LogP contribution >= 0.6 is 0 Å². The maximum atomic E-state index is 3.80. The largest absolute Gasteiger partial charge is 0.312 e. The molecule has 0 saturated carbocycles. The molecule has 0 aromatic carbocycles. The molecule has 1 atom stereocenters. The Morgan fingerprint density at radius 2 is 1.72 bits per heavy atom. The van der Waals surface area contributed by atoms with Crippen molar-refractivity contribution in [3.8, 4) is 0 Å². The minimum Gasteiger partial charge on any atom is -0.312 e. The molecule has 2 heteroatoms. The fraction of sp³-hybridized carbons (Fsp3) is 1.00. The standard InChI is InChI=1S/C16H34N2/c1-5-7-11-15(17-12-6-2)16(3,4)18-13-9-8-10-14-18/h15,17H,5-14H2,1-4H3. The van der Waals surface area contributed by atoms with Gasteiger partial charge in [0.05, 0.1) is 0 Å². The van der Waals surface area contributed by atoms with Gasteiger partial charge >= 0.3 is 0 Å². The Morgan fingerprint density at radius 1 is 1.06 bits per heavy atom. The summed E-state index contributed by atoms with van der Waals surface area (Å²) in [6.45, 7) is 13.2. The number of nitrogens with one attached hydrogen (secondary N) is 1. The molecule has 18 heavy (non-hydrogen) atoms. The second-order valence-corrected chi connectivity index (χ2v) is 6.35. The molecule has 1 aliphatic heterocycles. The number of nitrogens with zero attached hydrogens (tertiary/aromatic N) is 1.